The Balaban J connectivity index is 1.53. The number of nitrogens with zero attached hydrogens (tertiary/aromatic N) is 2. The molecule has 27 heavy (non-hydrogen) atoms. The lowest BCUT2D eigenvalue weighted by Crippen LogP contribution is -2.39. The van der Waals surface area contributed by atoms with Crippen molar-refractivity contribution in [2.75, 3.05) is 32.8 Å². The molecule has 3 rings (SSSR count). The summed E-state index contributed by atoms with van der Waals surface area (Å²) in [5, 5.41) is 0.542. The van der Waals surface area contributed by atoms with E-state index in [-0.39, 0.29) is 18.4 Å². The Morgan fingerprint density at radius 1 is 1.00 bits per heavy atom. The van der Waals surface area contributed by atoms with Gasteiger partial charge in [0.2, 0.25) is 0 Å². The number of benzene rings is 2. The first-order valence-corrected chi connectivity index (χ1v) is 9.43. The van der Waals surface area contributed by atoms with Crippen molar-refractivity contribution in [3.05, 3.63) is 64.7 Å². The largest absolute Gasteiger partial charge is 0.484 e. The van der Waals surface area contributed by atoms with Crippen molar-refractivity contribution in [3.8, 4) is 5.75 Å². The van der Waals surface area contributed by atoms with Crippen molar-refractivity contribution in [3.63, 3.8) is 0 Å². The van der Waals surface area contributed by atoms with Crippen LogP contribution >= 0.6 is 11.6 Å². The maximum absolute atomic E-state index is 12.7. The minimum Gasteiger partial charge on any atom is -0.484 e. The predicted octanol–water partition coefficient (Wildman–Crippen LogP) is 3.40. The number of halogens is 1. The van der Waals surface area contributed by atoms with Crippen molar-refractivity contribution < 1.29 is 14.3 Å². The van der Waals surface area contributed by atoms with E-state index in [1.807, 2.05) is 31.2 Å². The number of carbonyl (C=O) groups excluding carboxylic acids is 2. The van der Waals surface area contributed by atoms with Crippen LogP contribution in [-0.2, 0) is 4.79 Å². The smallest absolute Gasteiger partial charge is 0.260 e. The lowest BCUT2D eigenvalue weighted by Gasteiger charge is -2.22. The number of ether oxygens (including phenoxy) is 1. The first-order valence-electron chi connectivity index (χ1n) is 9.05. The Bertz CT molecular complexity index is 807. The fourth-order valence-corrected chi connectivity index (χ4v) is 3.24. The number of aryl methyl sites for hydroxylation is 1. The first-order chi connectivity index (χ1) is 13.0. The average molecular weight is 387 g/mol. The highest BCUT2D eigenvalue weighted by molar-refractivity contribution is 6.30. The third-order valence-electron chi connectivity index (χ3n) is 4.59. The Labute approximate surface area is 164 Å². The molecule has 0 bridgehead atoms. The third-order valence-corrected chi connectivity index (χ3v) is 4.83. The molecule has 0 aliphatic carbocycles. The molecular formula is C21H23ClN2O3. The van der Waals surface area contributed by atoms with E-state index in [4.69, 9.17) is 16.3 Å². The zero-order valence-electron chi connectivity index (χ0n) is 15.4. The van der Waals surface area contributed by atoms with Gasteiger partial charge in [-0.2, -0.15) is 0 Å². The van der Waals surface area contributed by atoms with Crippen LogP contribution in [0, 0.1) is 6.92 Å². The number of hydrogen-bond donors (Lipinski definition) is 0. The Kier molecular flexibility index (Phi) is 6.35. The van der Waals surface area contributed by atoms with Gasteiger partial charge in [-0.15, -0.1) is 0 Å². The molecule has 0 radical (unpaired) electrons. The van der Waals surface area contributed by atoms with Crippen LogP contribution in [0.25, 0.3) is 0 Å². The lowest BCUT2D eigenvalue weighted by atomic mass is 10.2. The maximum Gasteiger partial charge on any atom is 0.260 e. The van der Waals surface area contributed by atoms with Crippen LogP contribution in [0.2, 0.25) is 5.02 Å². The van der Waals surface area contributed by atoms with Gasteiger partial charge in [-0.3, -0.25) is 9.59 Å². The fraction of sp³-hybridized carbons (Fsp3) is 0.333. The molecule has 1 aliphatic rings. The number of carbonyl (C=O) groups is 2. The van der Waals surface area contributed by atoms with Crippen LogP contribution in [0.15, 0.2) is 48.5 Å². The second-order valence-corrected chi connectivity index (χ2v) is 7.08. The van der Waals surface area contributed by atoms with Crippen molar-refractivity contribution in [2.45, 2.75) is 13.3 Å². The maximum atomic E-state index is 12.7. The predicted molar refractivity (Wildman–Crippen MR) is 105 cm³/mol. The summed E-state index contributed by atoms with van der Waals surface area (Å²) in [5.74, 6) is 0.567. The quantitative estimate of drug-likeness (QED) is 0.809. The Hall–Kier alpha value is -2.53. The fourth-order valence-electron chi connectivity index (χ4n) is 3.04. The van der Waals surface area contributed by atoms with Gasteiger partial charge in [0, 0.05) is 36.8 Å². The number of amides is 2. The van der Waals surface area contributed by atoms with E-state index < -0.39 is 0 Å². The summed E-state index contributed by atoms with van der Waals surface area (Å²) >= 11 is 5.98. The van der Waals surface area contributed by atoms with Crippen molar-refractivity contribution in [1.29, 1.82) is 0 Å². The van der Waals surface area contributed by atoms with Gasteiger partial charge >= 0.3 is 0 Å². The van der Waals surface area contributed by atoms with E-state index in [0.29, 0.717) is 42.5 Å². The molecule has 1 saturated heterocycles. The van der Waals surface area contributed by atoms with Crippen LogP contribution in [0.3, 0.4) is 0 Å². The molecule has 5 nitrogen and oxygen atoms in total. The summed E-state index contributed by atoms with van der Waals surface area (Å²) in [5.41, 5.74) is 1.72. The van der Waals surface area contributed by atoms with Crippen molar-refractivity contribution in [2.24, 2.45) is 0 Å². The highest BCUT2D eigenvalue weighted by Gasteiger charge is 2.23. The molecule has 2 aromatic rings. The second kappa shape index (κ2) is 8.91. The van der Waals surface area contributed by atoms with E-state index in [9.17, 15) is 9.59 Å². The van der Waals surface area contributed by atoms with Crippen LogP contribution in [0.1, 0.15) is 22.3 Å². The lowest BCUT2D eigenvalue weighted by molar-refractivity contribution is -0.133. The van der Waals surface area contributed by atoms with Crippen LogP contribution in [0.4, 0.5) is 0 Å². The van der Waals surface area contributed by atoms with Gasteiger partial charge < -0.3 is 14.5 Å². The molecule has 1 aliphatic heterocycles. The molecule has 0 aromatic heterocycles. The molecule has 1 heterocycles. The van der Waals surface area contributed by atoms with Gasteiger partial charge in [0.15, 0.2) is 6.61 Å². The molecule has 2 aromatic carbocycles. The highest BCUT2D eigenvalue weighted by atomic mass is 35.5. The van der Waals surface area contributed by atoms with Crippen LogP contribution in [-0.4, -0.2) is 54.4 Å². The summed E-state index contributed by atoms with van der Waals surface area (Å²) in [7, 11) is 0. The summed E-state index contributed by atoms with van der Waals surface area (Å²) in [6.07, 6.45) is 0.739. The van der Waals surface area contributed by atoms with Gasteiger partial charge in [0.05, 0.1) is 0 Å². The van der Waals surface area contributed by atoms with E-state index in [0.717, 1.165) is 12.0 Å². The topological polar surface area (TPSA) is 49.9 Å². The average Bonchev–Trinajstić information content (AvgIpc) is 2.93. The van der Waals surface area contributed by atoms with Gasteiger partial charge in [0.1, 0.15) is 5.75 Å². The molecule has 0 atom stereocenters. The SMILES string of the molecule is Cc1ccc(OCC(=O)N2CCCN(C(=O)c3cccc(Cl)c3)CC2)cc1. The van der Waals surface area contributed by atoms with Crippen LogP contribution < -0.4 is 4.74 Å². The molecule has 2 amide bonds. The van der Waals surface area contributed by atoms with Gasteiger partial charge in [-0.25, -0.2) is 0 Å². The van der Waals surface area contributed by atoms with E-state index in [1.165, 1.54) is 0 Å². The highest BCUT2D eigenvalue weighted by Crippen LogP contribution is 2.15. The molecule has 1 fully saturated rings. The summed E-state index contributed by atoms with van der Waals surface area (Å²) in [6, 6.07) is 14.6. The summed E-state index contributed by atoms with van der Waals surface area (Å²) < 4.78 is 5.59. The van der Waals surface area contributed by atoms with Crippen molar-refractivity contribution in [1.82, 2.24) is 9.80 Å². The normalized spacial score (nSPS) is 14.6. The molecule has 0 unspecified atom stereocenters. The molecule has 0 saturated carbocycles. The minimum absolute atomic E-state index is 0.00526. The van der Waals surface area contributed by atoms with Gasteiger partial charge in [-0.1, -0.05) is 35.4 Å². The van der Waals surface area contributed by atoms with E-state index in [1.54, 1.807) is 34.1 Å². The zero-order valence-corrected chi connectivity index (χ0v) is 16.1. The zero-order chi connectivity index (χ0) is 19.2. The van der Waals surface area contributed by atoms with E-state index in [2.05, 4.69) is 0 Å². The summed E-state index contributed by atoms with van der Waals surface area (Å²) in [6.45, 7) is 4.25. The number of hydrogen-bond acceptors (Lipinski definition) is 3. The molecular weight excluding hydrogens is 364 g/mol. The molecule has 0 spiro atoms. The standard InChI is InChI=1S/C21H23ClN2O3/c1-16-6-8-19(9-7-16)27-15-20(25)23-10-3-11-24(13-12-23)21(26)17-4-2-5-18(22)14-17/h2,4-9,14H,3,10-13,15H2,1H3. The summed E-state index contributed by atoms with van der Waals surface area (Å²) in [4.78, 5) is 28.7. The van der Waals surface area contributed by atoms with Crippen LogP contribution in [0.5, 0.6) is 5.75 Å². The molecule has 142 valence electrons. The van der Waals surface area contributed by atoms with Gasteiger partial charge in [0.25, 0.3) is 11.8 Å². The first kappa shape index (κ1) is 19.2. The van der Waals surface area contributed by atoms with Crippen molar-refractivity contribution >= 4 is 23.4 Å². The third kappa shape index (κ3) is 5.23. The second-order valence-electron chi connectivity index (χ2n) is 6.64. The Morgan fingerprint density at radius 3 is 2.44 bits per heavy atom. The van der Waals surface area contributed by atoms with Gasteiger partial charge in [-0.05, 0) is 43.7 Å². The van der Waals surface area contributed by atoms with E-state index >= 15 is 0 Å². The Morgan fingerprint density at radius 2 is 1.70 bits per heavy atom. The molecule has 0 N–H and O–H groups in total. The molecule has 6 heteroatoms. The monoisotopic (exact) mass is 386 g/mol. The minimum atomic E-state index is -0.0624. The number of rotatable bonds is 4.